The predicted octanol–water partition coefficient (Wildman–Crippen LogP) is 3.31. The number of nitrogens with zero attached hydrogens (tertiary/aromatic N) is 3. The lowest BCUT2D eigenvalue weighted by Gasteiger charge is -2.17. The lowest BCUT2D eigenvalue weighted by molar-refractivity contribution is -0.128. The number of likely N-dealkylation sites (tertiary alicyclic amines) is 1. The first-order valence-electron chi connectivity index (χ1n) is 7.83. The molecule has 3 rings (SSSR count). The Hall–Kier alpha value is -2.10. The zero-order chi connectivity index (χ0) is 16.9. The molecule has 1 aliphatic rings. The van der Waals surface area contributed by atoms with E-state index in [9.17, 15) is 4.79 Å². The third kappa shape index (κ3) is 3.69. The average Bonchev–Trinajstić information content (AvgIpc) is 3.13. The molecule has 1 saturated heterocycles. The van der Waals surface area contributed by atoms with Crippen LogP contribution < -0.4 is 5.32 Å². The highest BCUT2D eigenvalue weighted by Gasteiger charge is 2.32. The maximum atomic E-state index is 12.5. The number of aromatic nitrogens is 1. The highest BCUT2D eigenvalue weighted by Crippen LogP contribution is 2.29. The lowest BCUT2D eigenvalue weighted by atomic mass is 10.1. The molecule has 0 saturated carbocycles. The molecule has 1 aromatic carbocycles. The van der Waals surface area contributed by atoms with Crippen LogP contribution in [0.5, 0.6) is 0 Å². The number of hydrogen-bond acceptors (Lipinski definition) is 5. The molecule has 1 atom stereocenters. The minimum Gasteiger partial charge on any atom is -0.363 e. The minimum absolute atomic E-state index is 0.0801. The van der Waals surface area contributed by atoms with Crippen LogP contribution in [0.2, 0.25) is 5.15 Å². The topological polar surface area (TPSA) is 69.0 Å². The molecule has 24 heavy (non-hydrogen) atoms. The Morgan fingerprint density at radius 2 is 2.21 bits per heavy atom. The van der Waals surface area contributed by atoms with E-state index in [0.29, 0.717) is 10.6 Å². The van der Waals surface area contributed by atoms with E-state index in [1.807, 2.05) is 29.2 Å². The smallest absolute Gasteiger partial charge is 0.245 e. The molecule has 0 spiro atoms. The molecule has 1 amide bonds. The first kappa shape index (κ1) is 16.7. The largest absolute Gasteiger partial charge is 0.363 e. The van der Waals surface area contributed by atoms with E-state index in [2.05, 4.69) is 21.8 Å². The summed E-state index contributed by atoms with van der Waals surface area (Å²) in [5.74, 6) is 0.0801. The van der Waals surface area contributed by atoms with Gasteiger partial charge in [-0.1, -0.05) is 41.9 Å². The molecule has 5 nitrogen and oxygen atoms in total. The summed E-state index contributed by atoms with van der Waals surface area (Å²) in [4.78, 5) is 14.4. The molecular formula is C17H17ClN4OS. The van der Waals surface area contributed by atoms with Gasteiger partial charge in [0.2, 0.25) is 5.91 Å². The maximum Gasteiger partial charge on any atom is 0.245 e. The highest BCUT2D eigenvalue weighted by molar-refractivity contribution is 7.10. The SMILES string of the molecule is N#Cc1c(Cl)nsc1NC1CCN(CCCc2ccccc2)C1=O. The molecule has 0 bridgehead atoms. The van der Waals surface area contributed by atoms with Crippen molar-refractivity contribution in [3.05, 3.63) is 46.6 Å². The summed E-state index contributed by atoms with van der Waals surface area (Å²) < 4.78 is 3.95. The van der Waals surface area contributed by atoms with Gasteiger partial charge in [-0.25, -0.2) is 0 Å². The molecule has 7 heteroatoms. The molecule has 2 heterocycles. The molecule has 1 fully saturated rings. The van der Waals surface area contributed by atoms with Crippen LogP contribution in [0.15, 0.2) is 30.3 Å². The van der Waals surface area contributed by atoms with Crippen molar-refractivity contribution in [2.75, 3.05) is 18.4 Å². The van der Waals surface area contributed by atoms with E-state index in [1.165, 1.54) is 5.56 Å². The second-order valence-corrected chi connectivity index (χ2v) is 6.82. The van der Waals surface area contributed by atoms with Gasteiger partial charge < -0.3 is 10.2 Å². The fourth-order valence-electron chi connectivity index (χ4n) is 2.84. The van der Waals surface area contributed by atoms with Gasteiger partial charge in [0.1, 0.15) is 22.7 Å². The quantitative estimate of drug-likeness (QED) is 0.858. The summed E-state index contributed by atoms with van der Waals surface area (Å²) in [6, 6.07) is 12.0. The van der Waals surface area contributed by atoms with Gasteiger partial charge in [-0.05, 0) is 36.4 Å². The monoisotopic (exact) mass is 360 g/mol. The van der Waals surface area contributed by atoms with Gasteiger partial charge in [-0.2, -0.15) is 9.64 Å². The van der Waals surface area contributed by atoms with Crippen molar-refractivity contribution in [3.8, 4) is 6.07 Å². The molecule has 1 aromatic heterocycles. The van der Waals surface area contributed by atoms with Gasteiger partial charge in [0.05, 0.1) is 0 Å². The number of nitriles is 1. The van der Waals surface area contributed by atoms with Crippen LogP contribution in [0.3, 0.4) is 0 Å². The van der Waals surface area contributed by atoms with Crippen LogP contribution in [-0.4, -0.2) is 34.3 Å². The van der Waals surface area contributed by atoms with E-state index in [0.717, 1.165) is 43.9 Å². The molecule has 0 radical (unpaired) electrons. The molecule has 124 valence electrons. The number of carbonyl (C=O) groups is 1. The van der Waals surface area contributed by atoms with Crippen molar-refractivity contribution in [1.29, 1.82) is 5.26 Å². The number of amides is 1. The number of carbonyl (C=O) groups excluding carboxylic acids is 1. The summed E-state index contributed by atoms with van der Waals surface area (Å²) in [6.07, 6.45) is 2.63. The van der Waals surface area contributed by atoms with Crippen LogP contribution in [0.4, 0.5) is 5.00 Å². The number of nitrogens with one attached hydrogen (secondary N) is 1. The van der Waals surface area contributed by atoms with Crippen LogP contribution in [-0.2, 0) is 11.2 Å². The highest BCUT2D eigenvalue weighted by atomic mass is 35.5. The Labute approximate surface area is 150 Å². The standard InChI is InChI=1S/C17H17ClN4OS/c18-15-13(11-19)16(24-21-15)20-14-8-10-22(17(14)23)9-4-7-12-5-2-1-3-6-12/h1-3,5-6,14,20H,4,7-10H2. The Kier molecular flexibility index (Phi) is 5.34. The summed E-state index contributed by atoms with van der Waals surface area (Å²) in [7, 11) is 0. The van der Waals surface area contributed by atoms with E-state index >= 15 is 0 Å². The predicted molar refractivity (Wildman–Crippen MR) is 95.2 cm³/mol. The van der Waals surface area contributed by atoms with Gasteiger partial charge >= 0.3 is 0 Å². The fraction of sp³-hybridized carbons (Fsp3) is 0.353. The third-order valence-corrected chi connectivity index (χ3v) is 5.25. The Morgan fingerprint density at radius 1 is 1.42 bits per heavy atom. The van der Waals surface area contributed by atoms with Crippen molar-refractivity contribution in [2.24, 2.45) is 0 Å². The number of hydrogen-bond donors (Lipinski definition) is 1. The fourth-order valence-corrected chi connectivity index (χ4v) is 3.83. The maximum absolute atomic E-state index is 12.5. The molecule has 1 unspecified atom stereocenters. The van der Waals surface area contributed by atoms with Crippen molar-refractivity contribution >= 4 is 34.0 Å². The normalized spacial score (nSPS) is 17.1. The number of anilines is 1. The Bertz CT molecular complexity index is 756. The number of benzene rings is 1. The van der Waals surface area contributed by atoms with Gasteiger partial charge in [-0.15, -0.1) is 0 Å². The van der Waals surface area contributed by atoms with Gasteiger partial charge in [-0.3, -0.25) is 4.79 Å². The van der Waals surface area contributed by atoms with Crippen LogP contribution in [0.25, 0.3) is 0 Å². The summed E-state index contributed by atoms with van der Waals surface area (Å²) in [5.41, 5.74) is 1.61. The van der Waals surface area contributed by atoms with E-state index < -0.39 is 0 Å². The second-order valence-electron chi connectivity index (χ2n) is 5.69. The minimum atomic E-state index is -0.301. The van der Waals surface area contributed by atoms with Crippen LogP contribution >= 0.6 is 23.1 Å². The van der Waals surface area contributed by atoms with E-state index in [1.54, 1.807) is 0 Å². The molecule has 2 aromatic rings. The number of halogens is 1. The van der Waals surface area contributed by atoms with Crippen LogP contribution in [0.1, 0.15) is 24.0 Å². The zero-order valence-corrected chi connectivity index (χ0v) is 14.6. The lowest BCUT2D eigenvalue weighted by Crippen LogP contribution is -2.34. The first-order valence-corrected chi connectivity index (χ1v) is 8.98. The third-order valence-electron chi connectivity index (χ3n) is 4.10. The van der Waals surface area contributed by atoms with Gasteiger partial charge in [0.25, 0.3) is 0 Å². The molecule has 1 aliphatic heterocycles. The number of rotatable bonds is 6. The van der Waals surface area contributed by atoms with Crippen molar-refractivity contribution in [1.82, 2.24) is 9.27 Å². The van der Waals surface area contributed by atoms with Crippen molar-refractivity contribution in [3.63, 3.8) is 0 Å². The average molecular weight is 361 g/mol. The zero-order valence-electron chi connectivity index (χ0n) is 13.0. The molecule has 1 N–H and O–H groups in total. The summed E-state index contributed by atoms with van der Waals surface area (Å²) in [6.45, 7) is 1.49. The van der Waals surface area contributed by atoms with Crippen LogP contribution in [0, 0.1) is 11.3 Å². The second kappa shape index (κ2) is 7.65. The summed E-state index contributed by atoms with van der Waals surface area (Å²) >= 11 is 6.98. The van der Waals surface area contributed by atoms with Gasteiger partial charge in [0.15, 0.2) is 5.15 Å². The van der Waals surface area contributed by atoms with Crippen molar-refractivity contribution in [2.45, 2.75) is 25.3 Å². The Morgan fingerprint density at radius 3 is 2.96 bits per heavy atom. The Balaban J connectivity index is 1.52. The molecular weight excluding hydrogens is 344 g/mol. The van der Waals surface area contributed by atoms with Crippen molar-refractivity contribution < 1.29 is 4.79 Å². The number of aryl methyl sites for hydroxylation is 1. The van der Waals surface area contributed by atoms with Gasteiger partial charge in [0, 0.05) is 13.1 Å². The first-order chi connectivity index (χ1) is 11.7. The summed E-state index contributed by atoms with van der Waals surface area (Å²) in [5, 5.41) is 13.0. The van der Waals surface area contributed by atoms with E-state index in [4.69, 9.17) is 16.9 Å². The molecule has 0 aliphatic carbocycles. The van der Waals surface area contributed by atoms with E-state index in [-0.39, 0.29) is 17.1 Å².